The molecule has 0 aliphatic rings. The SMILES string of the molecule is COC(=O)C(Nc1ccc(N)c(OC)c1)C(C)C. The number of methoxy groups -OCH3 is 2. The van der Waals surface area contributed by atoms with Crippen LogP contribution in [0.2, 0.25) is 0 Å². The Morgan fingerprint density at radius 1 is 1.33 bits per heavy atom. The van der Waals surface area contributed by atoms with Crippen LogP contribution in [0.3, 0.4) is 0 Å². The third-order valence-electron chi connectivity index (χ3n) is 2.68. The lowest BCUT2D eigenvalue weighted by Crippen LogP contribution is -2.35. The van der Waals surface area contributed by atoms with Crippen LogP contribution in [0.5, 0.6) is 5.75 Å². The Morgan fingerprint density at radius 3 is 2.50 bits per heavy atom. The Morgan fingerprint density at radius 2 is 2.00 bits per heavy atom. The molecule has 0 spiro atoms. The number of hydrogen-bond donors (Lipinski definition) is 2. The third kappa shape index (κ3) is 3.29. The van der Waals surface area contributed by atoms with Crippen LogP contribution in [-0.2, 0) is 9.53 Å². The molecule has 0 bridgehead atoms. The molecule has 1 atom stereocenters. The molecule has 1 rings (SSSR count). The first-order valence-electron chi connectivity index (χ1n) is 5.77. The summed E-state index contributed by atoms with van der Waals surface area (Å²) in [5.74, 6) is 0.397. The third-order valence-corrected chi connectivity index (χ3v) is 2.68. The number of anilines is 2. The van der Waals surface area contributed by atoms with Crippen LogP contribution in [-0.4, -0.2) is 26.2 Å². The number of hydrogen-bond acceptors (Lipinski definition) is 5. The van der Waals surface area contributed by atoms with E-state index in [1.807, 2.05) is 13.8 Å². The minimum atomic E-state index is -0.400. The second kappa shape index (κ2) is 6.14. The molecule has 0 aromatic heterocycles. The Bertz CT molecular complexity index is 419. The summed E-state index contributed by atoms with van der Waals surface area (Å²) in [6.07, 6.45) is 0. The van der Waals surface area contributed by atoms with E-state index in [0.717, 1.165) is 5.69 Å². The van der Waals surface area contributed by atoms with Gasteiger partial charge >= 0.3 is 5.97 Å². The summed E-state index contributed by atoms with van der Waals surface area (Å²) in [6, 6.07) is 4.89. The summed E-state index contributed by atoms with van der Waals surface area (Å²) < 4.78 is 9.90. The summed E-state index contributed by atoms with van der Waals surface area (Å²) in [6.45, 7) is 3.90. The average Bonchev–Trinajstić information content (AvgIpc) is 2.36. The number of nitrogen functional groups attached to an aromatic ring is 1. The van der Waals surface area contributed by atoms with Crippen LogP contribution >= 0.6 is 0 Å². The fourth-order valence-electron chi connectivity index (χ4n) is 1.61. The van der Waals surface area contributed by atoms with Crippen molar-refractivity contribution in [2.45, 2.75) is 19.9 Å². The van der Waals surface area contributed by atoms with Crippen LogP contribution in [0.25, 0.3) is 0 Å². The molecule has 0 saturated heterocycles. The fraction of sp³-hybridized carbons (Fsp3) is 0.462. The summed E-state index contributed by atoms with van der Waals surface area (Å²) in [5, 5.41) is 3.12. The van der Waals surface area contributed by atoms with E-state index in [4.69, 9.17) is 15.2 Å². The number of rotatable bonds is 5. The molecule has 18 heavy (non-hydrogen) atoms. The molecule has 0 radical (unpaired) electrons. The first-order valence-corrected chi connectivity index (χ1v) is 5.77. The van der Waals surface area contributed by atoms with E-state index >= 15 is 0 Å². The van der Waals surface area contributed by atoms with Gasteiger partial charge in [-0.05, 0) is 18.1 Å². The lowest BCUT2D eigenvalue weighted by molar-refractivity contribution is -0.142. The van der Waals surface area contributed by atoms with Crippen LogP contribution < -0.4 is 15.8 Å². The van der Waals surface area contributed by atoms with E-state index < -0.39 is 6.04 Å². The molecule has 5 heteroatoms. The van der Waals surface area contributed by atoms with Crippen LogP contribution in [0.1, 0.15) is 13.8 Å². The molecule has 100 valence electrons. The minimum absolute atomic E-state index is 0.112. The van der Waals surface area contributed by atoms with Crippen LogP contribution in [0.4, 0.5) is 11.4 Å². The van der Waals surface area contributed by atoms with E-state index in [0.29, 0.717) is 11.4 Å². The van der Waals surface area contributed by atoms with Gasteiger partial charge in [-0.25, -0.2) is 4.79 Å². The molecular formula is C13H20N2O3. The van der Waals surface area contributed by atoms with Crippen molar-refractivity contribution >= 4 is 17.3 Å². The molecule has 0 heterocycles. The van der Waals surface area contributed by atoms with E-state index in [1.165, 1.54) is 7.11 Å². The molecule has 1 unspecified atom stereocenters. The van der Waals surface area contributed by atoms with Crippen LogP contribution in [0, 0.1) is 5.92 Å². The monoisotopic (exact) mass is 252 g/mol. The predicted molar refractivity (Wildman–Crippen MR) is 71.7 cm³/mol. The van der Waals surface area contributed by atoms with Crippen molar-refractivity contribution in [2.24, 2.45) is 5.92 Å². The maximum Gasteiger partial charge on any atom is 0.328 e. The first-order chi connectivity index (χ1) is 8.49. The highest BCUT2D eigenvalue weighted by atomic mass is 16.5. The molecule has 5 nitrogen and oxygen atoms in total. The van der Waals surface area contributed by atoms with Gasteiger partial charge in [0.05, 0.1) is 19.9 Å². The smallest absolute Gasteiger partial charge is 0.328 e. The topological polar surface area (TPSA) is 73.6 Å². The summed E-state index contributed by atoms with van der Waals surface area (Å²) >= 11 is 0. The normalized spacial score (nSPS) is 12.1. The highest BCUT2D eigenvalue weighted by Crippen LogP contribution is 2.26. The molecule has 0 fully saturated rings. The molecule has 0 saturated carbocycles. The number of esters is 1. The lowest BCUT2D eigenvalue weighted by Gasteiger charge is -2.21. The summed E-state index contributed by atoms with van der Waals surface area (Å²) in [4.78, 5) is 11.6. The fourth-order valence-corrected chi connectivity index (χ4v) is 1.61. The van der Waals surface area contributed by atoms with Gasteiger partial charge in [-0.15, -0.1) is 0 Å². The van der Waals surface area contributed by atoms with Crippen molar-refractivity contribution in [3.05, 3.63) is 18.2 Å². The molecule has 3 N–H and O–H groups in total. The second-order valence-electron chi connectivity index (χ2n) is 4.35. The van der Waals surface area contributed by atoms with Gasteiger partial charge in [0, 0.05) is 11.8 Å². The molecule has 1 aromatic rings. The quantitative estimate of drug-likeness (QED) is 0.618. The van der Waals surface area contributed by atoms with Gasteiger partial charge in [0.2, 0.25) is 0 Å². The van der Waals surface area contributed by atoms with Crippen molar-refractivity contribution in [1.29, 1.82) is 0 Å². The molecule has 0 aliphatic carbocycles. The van der Waals surface area contributed by atoms with Gasteiger partial charge in [-0.2, -0.15) is 0 Å². The summed E-state index contributed by atoms with van der Waals surface area (Å²) in [5.41, 5.74) is 7.06. The Kier molecular flexibility index (Phi) is 4.83. The second-order valence-corrected chi connectivity index (χ2v) is 4.35. The number of carbonyl (C=O) groups is 1. The Labute approximate surface area is 107 Å². The van der Waals surface area contributed by atoms with Crippen molar-refractivity contribution in [3.63, 3.8) is 0 Å². The standard InChI is InChI=1S/C13H20N2O3/c1-8(2)12(13(16)18-4)15-9-5-6-10(14)11(7-9)17-3/h5-8,12,15H,14H2,1-4H3. The van der Waals surface area contributed by atoms with Crippen LogP contribution in [0.15, 0.2) is 18.2 Å². The Hall–Kier alpha value is -1.91. The predicted octanol–water partition coefficient (Wildman–Crippen LogP) is 1.89. The van der Waals surface area contributed by atoms with Crippen molar-refractivity contribution in [2.75, 3.05) is 25.3 Å². The zero-order valence-electron chi connectivity index (χ0n) is 11.2. The number of ether oxygens (including phenoxy) is 2. The van der Waals surface area contributed by atoms with E-state index in [1.54, 1.807) is 25.3 Å². The average molecular weight is 252 g/mol. The minimum Gasteiger partial charge on any atom is -0.495 e. The molecule has 1 aromatic carbocycles. The summed E-state index contributed by atoms with van der Waals surface area (Å²) in [7, 11) is 2.93. The van der Waals surface area contributed by atoms with Gasteiger partial charge in [0.15, 0.2) is 0 Å². The van der Waals surface area contributed by atoms with Gasteiger partial charge < -0.3 is 20.5 Å². The molecule has 0 aliphatic heterocycles. The van der Waals surface area contributed by atoms with E-state index in [9.17, 15) is 4.79 Å². The number of carbonyl (C=O) groups excluding carboxylic acids is 1. The molecule has 0 amide bonds. The highest BCUT2D eigenvalue weighted by Gasteiger charge is 2.22. The van der Waals surface area contributed by atoms with E-state index in [2.05, 4.69) is 5.32 Å². The van der Waals surface area contributed by atoms with Crippen molar-refractivity contribution < 1.29 is 14.3 Å². The van der Waals surface area contributed by atoms with E-state index in [-0.39, 0.29) is 11.9 Å². The van der Waals surface area contributed by atoms with Gasteiger partial charge in [0.25, 0.3) is 0 Å². The van der Waals surface area contributed by atoms with Crippen molar-refractivity contribution in [1.82, 2.24) is 0 Å². The zero-order chi connectivity index (χ0) is 13.7. The van der Waals surface area contributed by atoms with Crippen molar-refractivity contribution in [3.8, 4) is 5.75 Å². The first kappa shape index (κ1) is 14.2. The molecular weight excluding hydrogens is 232 g/mol. The van der Waals surface area contributed by atoms with Gasteiger partial charge in [0.1, 0.15) is 11.8 Å². The Balaban J connectivity index is 2.90. The number of nitrogens with one attached hydrogen (secondary N) is 1. The number of nitrogens with two attached hydrogens (primary N) is 1. The zero-order valence-corrected chi connectivity index (χ0v) is 11.2. The maximum absolute atomic E-state index is 11.6. The van der Waals surface area contributed by atoms with Gasteiger partial charge in [-0.1, -0.05) is 13.8 Å². The maximum atomic E-state index is 11.6. The lowest BCUT2D eigenvalue weighted by atomic mass is 10.0. The van der Waals surface area contributed by atoms with Gasteiger partial charge in [-0.3, -0.25) is 0 Å². The number of benzene rings is 1. The highest BCUT2D eigenvalue weighted by molar-refractivity contribution is 5.80. The largest absolute Gasteiger partial charge is 0.495 e.